The molecule has 1 aliphatic heterocycles. The van der Waals surface area contributed by atoms with Gasteiger partial charge in [-0.3, -0.25) is 10.6 Å². The van der Waals surface area contributed by atoms with Crippen LogP contribution in [0.25, 0.3) is 0 Å². The summed E-state index contributed by atoms with van der Waals surface area (Å²) in [6, 6.07) is 0.397. The molecule has 0 aromatic carbocycles. The van der Waals surface area contributed by atoms with E-state index in [0.29, 0.717) is 5.57 Å². The third-order valence-corrected chi connectivity index (χ3v) is 2.15. The molecule has 3 N–H and O–H groups in total. The fourth-order valence-corrected chi connectivity index (χ4v) is 1.50. The summed E-state index contributed by atoms with van der Waals surface area (Å²) < 4.78 is 0. The summed E-state index contributed by atoms with van der Waals surface area (Å²) in [5, 5.41) is 15.0. The van der Waals surface area contributed by atoms with Crippen molar-refractivity contribution in [1.29, 1.82) is 0 Å². The minimum atomic E-state index is -0.863. The SMILES string of the molecule is O=C(O)C1=CC2NCNC2C=C1. The van der Waals surface area contributed by atoms with Crippen molar-refractivity contribution in [3.63, 3.8) is 0 Å². The number of hydrogen-bond acceptors (Lipinski definition) is 3. The fourth-order valence-electron chi connectivity index (χ4n) is 1.50. The van der Waals surface area contributed by atoms with E-state index in [4.69, 9.17) is 5.11 Å². The molecule has 12 heavy (non-hydrogen) atoms. The highest BCUT2D eigenvalue weighted by Crippen LogP contribution is 2.13. The van der Waals surface area contributed by atoms with E-state index in [-0.39, 0.29) is 12.1 Å². The zero-order valence-electron chi connectivity index (χ0n) is 6.45. The van der Waals surface area contributed by atoms with Gasteiger partial charge in [0.15, 0.2) is 0 Å². The van der Waals surface area contributed by atoms with Gasteiger partial charge in [-0.25, -0.2) is 4.79 Å². The molecule has 0 radical (unpaired) electrons. The Morgan fingerprint density at radius 2 is 2.25 bits per heavy atom. The molecule has 1 aliphatic carbocycles. The van der Waals surface area contributed by atoms with Crippen LogP contribution in [0, 0.1) is 0 Å². The third kappa shape index (κ3) is 1.15. The Bertz CT molecular complexity index is 270. The van der Waals surface area contributed by atoms with Crippen molar-refractivity contribution in [2.45, 2.75) is 12.1 Å². The van der Waals surface area contributed by atoms with Crippen LogP contribution in [0.3, 0.4) is 0 Å². The van der Waals surface area contributed by atoms with Crippen molar-refractivity contribution >= 4 is 5.97 Å². The first-order chi connectivity index (χ1) is 5.77. The van der Waals surface area contributed by atoms with Crippen LogP contribution in [-0.4, -0.2) is 29.8 Å². The second-order valence-electron chi connectivity index (χ2n) is 2.92. The predicted octanol–water partition coefficient (Wildman–Crippen LogP) is -0.545. The molecule has 0 spiro atoms. The number of rotatable bonds is 1. The van der Waals surface area contributed by atoms with E-state index in [0.717, 1.165) is 6.67 Å². The lowest BCUT2D eigenvalue weighted by molar-refractivity contribution is -0.132. The monoisotopic (exact) mass is 166 g/mol. The zero-order valence-corrected chi connectivity index (χ0v) is 6.45. The second kappa shape index (κ2) is 2.73. The lowest BCUT2D eigenvalue weighted by atomic mass is 10.00. The summed E-state index contributed by atoms with van der Waals surface area (Å²) in [6.07, 6.45) is 5.27. The van der Waals surface area contributed by atoms with Gasteiger partial charge in [0.25, 0.3) is 0 Å². The van der Waals surface area contributed by atoms with Gasteiger partial charge in [0.05, 0.1) is 5.57 Å². The number of fused-ring (bicyclic) bond motifs is 1. The lowest BCUT2D eigenvalue weighted by Crippen LogP contribution is -2.32. The number of carbonyl (C=O) groups is 1. The van der Waals surface area contributed by atoms with Crippen molar-refractivity contribution in [3.05, 3.63) is 23.8 Å². The van der Waals surface area contributed by atoms with Crippen LogP contribution in [-0.2, 0) is 4.79 Å². The molecule has 4 nitrogen and oxygen atoms in total. The van der Waals surface area contributed by atoms with Crippen molar-refractivity contribution in [2.75, 3.05) is 6.67 Å². The van der Waals surface area contributed by atoms with Crippen LogP contribution in [0.1, 0.15) is 0 Å². The molecule has 0 bridgehead atoms. The van der Waals surface area contributed by atoms with Gasteiger partial charge >= 0.3 is 5.97 Å². The van der Waals surface area contributed by atoms with Crippen molar-refractivity contribution in [3.8, 4) is 0 Å². The highest BCUT2D eigenvalue weighted by molar-refractivity contribution is 5.90. The molecule has 64 valence electrons. The maximum atomic E-state index is 10.6. The number of carboxylic acid groups (broad SMARTS) is 1. The smallest absolute Gasteiger partial charge is 0.335 e. The second-order valence-corrected chi connectivity index (χ2v) is 2.92. The molecule has 0 aromatic heterocycles. The molecule has 0 aromatic rings. The Labute approximate surface area is 70.0 Å². The summed E-state index contributed by atoms with van der Waals surface area (Å²) >= 11 is 0. The van der Waals surface area contributed by atoms with Crippen LogP contribution < -0.4 is 10.6 Å². The van der Waals surface area contributed by atoms with Gasteiger partial charge in [-0.1, -0.05) is 18.2 Å². The molecule has 1 fully saturated rings. The van der Waals surface area contributed by atoms with E-state index in [1.54, 1.807) is 12.2 Å². The van der Waals surface area contributed by atoms with E-state index in [9.17, 15) is 4.79 Å². The first-order valence-corrected chi connectivity index (χ1v) is 3.87. The normalized spacial score (nSPS) is 32.8. The highest BCUT2D eigenvalue weighted by Gasteiger charge is 2.26. The van der Waals surface area contributed by atoms with E-state index < -0.39 is 5.97 Å². The summed E-state index contributed by atoms with van der Waals surface area (Å²) in [7, 11) is 0. The molecule has 1 heterocycles. The maximum absolute atomic E-state index is 10.6. The molecule has 2 unspecified atom stereocenters. The molecule has 0 amide bonds. The van der Waals surface area contributed by atoms with Crippen molar-refractivity contribution < 1.29 is 9.90 Å². The van der Waals surface area contributed by atoms with Crippen LogP contribution in [0.5, 0.6) is 0 Å². The Balaban J connectivity index is 2.20. The molecule has 2 atom stereocenters. The molecule has 2 rings (SSSR count). The molecular formula is C8H10N2O2. The standard InChI is InChI=1S/C8H10N2O2/c11-8(12)5-1-2-6-7(3-5)10-4-9-6/h1-3,6-7,9-10H,4H2,(H,11,12). The average molecular weight is 166 g/mol. The summed E-state index contributed by atoms with van der Waals surface area (Å²) in [6.45, 7) is 0.739. The van der Waals surface area contributed by atoms with Gasteiger partial charge < -0.3 is 5.11 Å². The van der Waals surface area contributed by atoms with E-state index in [2.05, 4.69) is 10.6 Å². The Kier molecular flexibility index (Phi) is 1.71. The van der Waals surface area contributed by atoms with Crippen LogP contribution in [0.15, 0.2) is 23.8 Å². The minimum Gasteiger partial charge on any atom is -0.478 e. The fraction of sp³-hybridized carbons (Fsp3) is 0.375. The first-order valence-electron chi connectivity index (χ1n) is 3.87. The zero-order chi connectivity index (χ0) is 8.55. The van der Waals surface area contributed by atoms with Crippen LogP contribution in [0.2, 0.25) is 0 Å². The average Bonchev–Trinajstić information content (AvgIpc) is 2.49. The number of aliphatic carboxylic acids is 1. The first kappa shape index (κ1) is 7.52. The Morgan fingerprint density at radius 3 is 3.00 bits per heavy atom. The summed E-state index contributed by atoms with van der Waals surface area (Å²) in [4.78, 5) is 10.6. The van der Waals surface area contributed by atoms with Gasteiger partial charge in [-0.05, 0) is 0 Å². The number of carboxylic acids is 1. The molecule has 4 heteroatoms. The van der Waals surface area contributed by atoms with E-state index >= 15 is 0 Å². The molecular weight excluding hydrogens is 156 g/mol. The lowest BCUT2D eigenvalue weighted by Gasteiger charge is -2.16. The van der Waals surface area contributed by atoms with E-state index in [1.807, 2.05) is 6.08 Å². The molecule has 2 aliphatic rings. The summed E-state index contributed by atoms with van der Waals surface area (Å²) in [5.74, 6) is -0.863. The van der Waals surface area contributed by atoms with Crippen LogP contribution >= 0.6 is 0 Å². The molecule has 0 saturated carbocycles. The third-order valence-electron chi connectivity index (χ3n) is 2.15. The quantitative estimate of drug-likeness (QED) is 0.489. The van der Waals surface area contributed by atoms with E-state index in [1.165, 1.54) is 0 Å². The van der Waals surface area contributed by atoms with Gasteiger partial charge in [-0.15, -0.1) is 0 Å². The highest BCUT2D eigenvalue weighted by atomic mass is 16.4. The van der Waals surface area contributed by atoms with Gasteiger partial charge in [0, 0.05) is 18.8 Å². The number of nitrogens with one attached hydrogen (secondary N) is 2. The van der Waals surface area contributed by atoms with Crippen molar-refractivity contribution in [2.24, 2.45) is 0 Å². The molecule has 1 saturated heterocycles. The van der Waals surface area contributed by atoms with Crippen molar-refractivity contribution in [1.82, 2.24) is 10.6 Å². The van der Waals surface area contributed by atoms with Crippen LogP contribution in [0.4, 0.5) is 0 Å². The van der Waals surface area contributed by atoms with Gasteiger partial charge in [0.1, 0.15) is 0 Å². The van der Waals surface area contributed by atoms with Gasteiger partial charge in [-0.2, -0.15) is 0 Å². The maximum Gasteiger partial charge on any atom is 0.335 e. The Morgan fingerprint density at radius 1 is 1.50 bits per heavy atom. The number of hydrogen-bond donors (Lipinski definition) is 3. The predicted molar refractivity (Wildman–Crippen MR) is 43.6 cm³/mol. The minimum absolute atomic E-state index is 0.140. The van der Waals surface area contributed by atoms with Gasteiger partial charge in [0.2, 0.25) is 0 Å². The topological polar surface area (TPSA) is 61.4 Å². The largest absolute Gasteiger partial charge is 0.478 e. The summed E-state index contributed by atoms with van der Waals surface area (Å²) in [5.41, 5.74) is 0.368. The Hall–Kier alpha value is -1.13.